The van der Waals surface area contributed by atoms with Gasteiger partial charge in [0, 0.05) is 26.2 Å². The topological polar surface area (TPSA) is 185 Å². The summed E-state index contributed by atoms with van der Waals surface area (Å²) in [7, 11) is -1.17. The summed E-state index contributed by atoms with van der Waals surface area (Å²) in [6, 6.07) is 7.05. The number of hydrogen-bond donors (Lipinski definition) is 4. The predicted molar refractivity (Wildman–Crippen MR) is 116 cm³/mol. The monoisotopic (exact) mass is 452 g/mol. The first kappa shape index (κ1) is 23.7. The van der Waals surface area contributed by atoms with Crippen LogP contribution in [0.4, 0.5) is 22.7 Å². The van der Waals surface area contributed by atoms with E-state index in [1.165, 1.54) is 38.4 Å². The maximum absolute atomic E-state index is 11.8. The second-order valence-electron chi connectivity index (χ2n) is 6.32. The van der Waals surface area contributed by atoms with Crippen molar-refractivity contribution in [3.05, 3.63) is 67.8 Å². The number of nitrogens with one attached hydrogen (secondary N) is 2. The number of carbonyl (C=O) groups excluding carboxylic acids is 2. The Balaban J connectivity index is 2.56. The molecule has 2 atom stereocenters. The summed E-state index contributed by atoms with van der Waals surface area (Å²) in [6.07, 6.45) is 0.494. The Morgan fingerprint density at radius 3 is 1.45 bits per heavy atom. The average molecular weight is 452 g/mol. The fraction of sp³-hybridized carbons (Fsp3) is 0.222. The quantitative estimate of drug-likeness (QED) is 0.236. The van der Waals surface area contributed by atoms with E-state index in [2.05, 4.69) is 10.6 Å². The van der Waals surface area contributed by atoms with E-state index in [0.717, 1.165) is 12.1 Å². The highest BCUT2D eigenvalue weighted by Crippen LogP contribution is 2.62. The third-order valence-electron chi connectivity index (χ3n) is 4.63. The van der Waals surface area contributed by atoms with Crippen LogP contribution < -0.4 is 10.6 Å². The van der Waals surface area contributed by atoms with Gasteiger partial charge < -0.3 is 20.2 Å². The smallest absolute Gasteiger partial charge is 0.292 e. The number of hydrogen-bond acceptors (Lipinski definition) is 10. The van der Waals surface area contributed by atoms with Gasteiger partial charge in [-0.25, -0.2) is 0 Å². The number of benzene rings is 2. The average Bonchev–Trinajstić information content (AvgIpc) is 2.73. The molecule has 0 fully saturated rings. The molecule has 2 rings (SSSR count). The van der Waals surface area contributed by atoms with Crippen LogP contribution in [0, 0.1) is 20.2 Å². The highest BCUT2D eigenvalue weighted by Gasteiger charge is 2.37. The van der Waals surface area contributed by atoms with Crippen molar-refractivity contribution in [2.45, 2.75) is 10.5 Å². The van der Waals surface area contributed by atoms with E-state index in [0.29, 0.717) is 0 Å². The zero-order chi connectivity index (χ0) is 23.3. The molecule has 2 unspecified atom stereocenters. The van der Waals surface area contributed by atoms with Gasteiger partial charge in [0.2, 0.25) is 0 Å². The van der Waals surface area contributed by atoms with Crippen molar-refractivity contribution in [2.24, 2.45) is 0 Å². The van der Waals surface area contributed by atoms with Gasteiger partial charge in [0.25, 0.3) is 11.4 Å². The summed E-state index contributed by atoms with van der Waals surface area (Å²) >= 11 is 0. The Hall–Kier alpha value is -3.55. The summed E-state index contributed by atoms with van der Waals surface area (Å²) in [4.78, 5) is 44.6. The molecule has 0 aliphatic heterocycles. The fourth-order valence-electron chi connectivity index (χ4n) is 3.06. The molecule has 166 valence electrons. The molecular weight excluding hydrogens is 432 g/mol. The molecule has 0 aliphatic rings. The van der Waals surface area contributed by atoms with E-state index < -0.39 is 30.9 Å². The first-order chi connectivity index (χ1) is 14.6. The molecule has 2 aromatic carbocycles. The predicted octanol–water partition coefficient (Wildman–Crippen LogP) is 3.52. The minimum Gasteiger partial charge on any atom is -0.383 e. The van der Waals surface area contributed by atoms with Crippen LogP contribution in [0.25, 0.3) is 0 Å². The van der Waals surface area contributed by atoms with Gasteiger partial charge in [-0.3, -0.25) is 29.3 Å². The Morgan fingerprint density at radius 1 is 0.839 bits per heavy atom. The van der Waals surface area contributed by atoms with Crippen molar-refractivity contribution >= 4 is 45.9 Å². The Morgan fingerprint density at radius 2 is 1.19 bits per heavy atom. The normalized spacial score (nSPS) is 13.5. The van der Waals surface area contributed by atoms with Crippen LogP contribution in [0.3, 0.4) is 0 Å². The van der Waals surface area contributed by atoms with E-state index in [1.807, 2.05) is 0 Å². The van der Waals surface area contributed by atoms with Gasteiger partial charge in [0.05, 0.1) is 9.85 Å². The molecule has 12 nitrogen and oxygen atoms in total. The SMILES string of the molecule is CNc1cc(C(C=O)S(O)(O)C(C=O)c2ccc([N+](=O)[O-])c(NC)c2)ccc1[N+](=O)[O-]. The summed E-state index contributed by atoms with van der Waals surface area (Å²) in [6.45, 7) is 0. The first-order valence-electron chi connectivity index (χ1n) is 8.71. The third-order valence-corrected chi connectivity index (χ3v) is 6.89. The Labute approximate surface area is 177 Å². The second-order valence-corrected chi connectivity index (χ2v) is 8.61. The van der Waals surface area contributed by atoms with E-state index in [9.17, 15) is 38.9 Å². The van der Waals surface area contributed by atoms with Crippen LogP contribution in [-0.4, -0.2) is 45.6 Å². The van der Waals surface area contributed by atoms with E-state index in [-0.39, 0.29) is 46.4 Å². The number of nitro groups is 2. The lowest BCUT2D eigenvalue weighted by molar-refractivity contribution is -0.384. The lowest BCUT2D eigenvalue weighted by atomic mass is 10.1. The van der Waals surface area contributed by atoms with Crippen molar-refractivity contribution in [3.8, 4) is 0 Å². The van der Waals surface area contributed by atoms with Gasteiger partial charge in [-0.1, -0.05) is 0 Å². The largest absolute Gasteiger partial charge is 0.383 e. The number of anilines is 2. The minimum absolute atomic E-state index is 0.0417. The standard InChI is InChI=1S/C18H20N4O8S/c1-19-13-7-11(3-5-15(13)21(25)26)17(9-23)31(29,30)18(10-24)12-4-6-16(22(27)28)14(8-12)20-2/h3-10,17-20,29-30H,1-2H3. The van der Waals surface area contributed by atoms with Crippen LogP contribution in [0.5, 0.6) is 0 Å². The molecule has 0 aromatic heterocycles. The van der Waals surface area contributed by atoms with E-state index in [1.54, 1.807) is 0 Å². The molecule has 2 aromatic rings. The van der Waals surface area contributed by atoms with Crippen molar-refractivity contribution in [3.63, 3.8) is 0 Å². The summed E-state index contributed by atoms with van der Waals surface area (Å²) in [5, 5.41) is 24.3. The van der Waals surface area contributed by atoms with Gasteiger partial charge in [-0.05, 0) is 35.4 Å². The molecule has 0 heterocycles. The first-order valence-corrected chi connectivity index (χ1v) is 10.4. The maximum atomic E-state index is 11.8. The van der Waals surface area contributed by atoms with Gasteiger partial charge >= 0.3 is 0 Å². The third kappa shape index (κ3) is 4.63. The zero-order valence-electron chi connectivity index (χ0n) is 16.4. The second kappa shape index (κ2) is 9.51. The van der Waals surface area contributed by atoms with Crippen molar-refractivity contribution < 1.29 is 28.5 Å². The summed E-state index contributed by atoms with van der Waals surface area (Å²) in [5.74, 6) is 0. The number of aldehydes is 2. The molecular formula is C18H20N4O8S. The van der Waals surface area contributed by atoms with Gasteiger partial charge in [-0.2, -0.15) is 10.6 Å². The van der Waals surface area contributed by atoms with Gasteiger partial charge in [0.15, 0.2) is 0 Å². The van der Waals surface area contributed by atoms with Crippen molar-refractivity contribution in [2.75, 3.05) is 24.7 Å². The number of nitrogens with zero attached hydrogens (tertiary/aromatic N) is 2. The highest BCUT2D eigenvalue weighted by atomic mass is 32.3. The number of carbonyl (C=O) groups is 2. The lowest BCUT2D eigenvalue weighted by Crippen LogP contribution is -2.20. The molecule has 0 saturated carbocycles. The zero-order valence-corrected chi connectivity index (χ0v) is 17.2. The molecule has 0 amide bonds. The molecule has 13 heteroatoms. The minimum atomic E-state index is -4.02. The van der Waals surface area contributed by atoms with Crippen LogP contribution in [-0.2, 0) is 9.59 Å². The van der Waals surface area contributed by atoms with Gasteiger partial charge in [-0.15, -0.1) is 0 Å². The molecule has 0 spiro atoms. The van der Waals surface area contributed by atoms with Crippen LogP contribution >= 0.6 is 10.6 Å². The van der Waals surface area contributed by atoms with E-state index in [4.69, 9.17) is 0 Å². The molecule has 4 N–H and O–H groups in total. The number of nitro benzene ring substituents is 2. The van der Waals surface area contributed by atoms with Gasteiger partial charge in [0.1, 0.15) is 34.4 Å². The number of rotatable bonds is 10. The van der Waals surface area contributed by atoms with Crippen LogP contribution in [0.2, 0.25) is 0 Å². The molecule has 0 saturated heterocycles. The maximum Gasteiger partial charge on any atom is 0.292 e. The summed E-state index contributed by atoms with van der Waals surface area (Å²) < 4.78 is 21.8. The fourth-order valence-corrected chi connectivity index (χ4v) is 4.80. The van der Waals surface area contributed by atoms with Crippen LogP contribution in [0.15, 0.2) is 36.4 Å². The molecule has 0 radical (unpaired) electrons. The molecule has 31 heavy (non-hydrogen) atoms. The Kier molecular flexibility index (Phi) is 7.28. The Bertz CT molecular complexity index is 950. The van der Waals surface area contributed by atoms with Crippen molar-refractivity contribution in [1.29, 1.82) is 0 Å². The lowest BCUT2D eigenvalue weighted by Gasteiger charge is -2.42. The molecule has 0 bridgehead atoms. The van der Waals surface area contributed by atoms with E-state index >= 15 is 0 Å². The van der Waals surface area contributed by atoms with Crippen LogP contribution in [0.1, 0.15) is 21.6 Å². The van der Waals surface area contributed by atoms with Crippen molar-refractivity contribution in [1.82, 2.24) is 0 Å². The highest BCUT2D eigenvalue weighted by molar-refractivity contribution is 8.25. The summed E-state index contributed by atoms with van der Waals surface area (Å²) in [5.41, 5.74) is -0.387. The molecule has 0 aliphatic carbocycles.